The Balaban J connectivity index is 0. The predicted octanol–water partition coefficient (Wildman–Crippen LogP) is 10.6. The summed E-state index contributed by atoms with van der Waals surface area (Å²) >= 11 is 0. The Labute approximate surface area is 278 Å². The van der Waals surface area contributed by atoms with E-state index in [1.165, 1.54) is 128 Å². The van der Waals surface area contributed by atoms with Gasteiger partial charge in [0.25, 0.3) is 0 Å². The first kappa shape index (κ1) is 46.2. The highest BCUT2D eigenvalue weighted by atomic mass is 32.3. The Bertz CT molecular complexity index is 719. The maximum Gasteiger partial charge on any atom is 0.397 e. The molecule has 9 heteroatoms. The highest BCUT2D eigenvalue weighted by Crippen LogP contribution is 2.16. The van der Waals surface area contributed by atoms with Crippen molar-refractivity contribution in [3.8, 4) is 0 Å². The molecule has 0 fully saturated rings. The van der Waals surface area contributed by atoms with Crippen LogP contribution in [-0.2, 0) is 24.2 Å². The van der Waals surface area contributed by atoms with Crippen molar-refractivity contribution >= 4 is 22.0 Å². The predicted molar refractivity (Wildman–Crippen MR) is 187 cm³/mol. The summed E-state index contributed by atoms with van der Waals surface area (Å²) in [6, 6.07) is -0.954. The van der Waals surface area contributed by atoms with Gasteiger partial charge in [0, 0.05) is 19.4 Å². The van der Waals surface area contributed by atoms with Crippen molar-refractivity contribution < 1.29 is 31.9 Å². The number of likely N-dealkylation sites (N-methyl/N-ethyl adjacent to an activating group) is 1. The van der Waals surface area contributed by atoms with E-state index in [0.29, 0.717) is 19.4 Å². The molecule has 2 N–H and O–H groups in total. The third kappa shape index (κ3) is 34.3. The number of unbranched alkanes of at least 4 members (excludes halogenated alkanes) is 24. The van der Waals surface area contributed by atoms with Crippen LogP contribution < -0.4 is 0 Å². The van der Waals surface area contributed by atoms with E-state index < -0.39 is 16.4 Å². The second kappa shape index (κ2) is 34.5. The van der Waals surface area contributed by atoms with Gasteiger partial charge in [0.2, 0.25) is 0 Å². The number of carbonyl (C=O) groups is 2. The van der Waals surface area contributed by atoms with Crippen molar-refractivity contribution in [2.75, 3.05) is 13.7 Å². The average Bonchev–Trinajstić information content (AvgIpc) is 3.01. The van der Waals surface area contributed by atoms with Crippen LogP contribution in [0.15, 0.2) is 0 Å². The van der Waals surface area contributed by atoms with E-state index in [-0.39, 0.29) is 11.6 Å². The van der Waals surface area contributed by atoms with Gasteiger partial charge in [0.15, 0.2) is 17.6 Å². The summed E-state index contributed by atoms with van der Waals surface area (Å²) in [5.41, 5.74) is 0. The van der Waals surface area contributed by atoms with Gasteiger partial charge in [0.1, 0.15) is 0 Å². The van der Waals surface area contributed by atoms with Crippen molar-refractivity contribution in [1.29, 1.82) is 0 Å². The summed E-state index contributed by atoms with van der Waals surface area (Å²) in [6.07, 6.45) is 33.9. The normalized spacial score (nSPS) is 11.6. The van der Waals surface area contributed by atoms with Crippen molar-refractivity contribution in [1.82, 2.24) is 5.06 Å². The fraction of sp³-hybridized carbons (Fsp3) is 0.944. The van der Waals surface area contributed by atoms with Gasteiger partial charge in [-0.2, -0.15) is 13.5 Å². The summed E-state index contributed by atoms with van der Waals surface area (Å²) in [4.78, 5) is 25.6. The van der Waals surface area contributed by atoms with Crippen LogP contribution in [-0.4, -0.2) is 54.5 Å². The van der Waals surface area contributed by atoms with E-state index in [0.717, 1.165) is 50.7 Å². The van der Waals surface area contributed by atoms with Gasteiger partial charge < -0.3 is 5.21 Å². The van der Waals surface area contributed by atoms with Crippen molar-refractivity contribution in [2.45, 2.75) is 207 Å². The molecular formula is C36H73NO7S. The summed E-state index contributed by atoms with van der Waals surface area (Å²) < 4.78 is 29.7. The van der Waals surface area contributed by atoms with Gasteiger partial charge in [-0.3, -0.25) is 18.3 Å². The van der Waals surface area contributed by atoms with Crippen LogP contribution in [0.1, 0.15) is 201 Å². The van der Waals surface area contributed by atoms with Crippen LogP contribution >= 0.6 is 0 Å². The molecule has 0 aromatic heterocycles. The number of hydrogen-bond donors (Lipinski definition) is 2. The third-order valence-electron chi connectivity index (χ3n) is 8.50. The topological polar surface area (TPSA) is 121 Å². The molecule has 0 rings (SSSR count). The van der Waals surface area contributed by atoms with Gasteiger partial charge in [-0.1, -0.05) is 175 Å². The van der Waals surface area contributed by atoms with Crippen molar-refractivity contribution in [3.63, 3.8) is 0 Å². The van der Waals surface area contributed by atoms with E-state index in [9.17, 15) is 23.2 Å². The van der Waals surface area contributed by atoms with Gasteiger partial charge in [-0.05, 0) is 12.8 Å². The maximum atomic E-state index is 12.8. The minimum Gasteiger partial charge on any atom is -0.313 e. The monoisotopic (exact) mass is 664 g/mol. The number of nitrogens with zero attached hydrogens (tertiary/aromatic N) is 1. The molecule has 0 aromatic rings. The van der Waals surface area contributed by atoms with Gasteiger partial charge in [0.05, 0.1) is 7.11 Å². The van der Waals surface area contributed by atoms with Crippen molar-refractivity contribution in [2.24, 2.45) is 0 Å². The molecule has 0 heterocycles. The summed E-state index contributed by atoms with van der Waals surface area (Å²) in [5, 5.41) is 11.2. The molecule has 0 aliphatic heterocycles. The smallest absolute Gasteiger partial charge is 0.313 e. The lowest BCUT2D eigenvalue weighted by Crippen LogP contribution is -2.45. The number of hydrogen-bond acceptors (Lipinski definition) is 7. The van der Waals surface area contributed by atoms with Crippen LogP contribution in [0.2, 0.25) is 0 Å². The fourth-order valence-electron chi connectivity index (χ4n) is 5.60. The van der Waals surface area contributed by atoms with Crippen LogP contribution in [0, 0.1) is 0 Å². The zero-order valence-corrected chi connectivity index (χ0v) is 30.7. The van der Waals surface area contributed by atoms with E-state index in [2.05, 4.69) is 18.0 Å². The molecule has 270 valence electrons. The molecule has 0 unspecified atom stereocenters. The Morgan fingerprint density at radius 1 is 0.533 bits per heavy atom. The fourth-order valence-corrected chi connectivity index (χ4v) is 5.60. The van der Waals surface area contributed by atoms with Crippen LogP contribution in [0.25, 0.3) is 0 Å². The molecule has 0 bridgehead atoms. The first-order valence-corrected chi connectivity index (χ1v) is 20.0. The Kier molecular flexibility index (Phi) is 35.4. The summed E-state index contributed by atoms with van der Waals surface area (Å²) in [5.74, 6) is -0.191. The Hall–Kier alpha value is -0.870. The van der Waals surface area contributed by atoms with Crippen LogP contribution in [0.3, 0.4) is 0 Å². The zero-order valence-electron chi connectivity index (χ0n) is 29.9. The Morgan fingerprint density at radius 3 is 0.956 bits per heavy atom. The molecule has 0 saturated carbocycles. The van der Waals surface area contributed by atoms with Crippen LogP contribution in [0.4, 0.5) is 0 Å². The van der Waals surface area contributed by atoms with Gasteiger partial charge >= 0.3 is 10.4 Å². The number of Topliss-reactive ketones (excluding diaryl/α,β-unsaturated/α-hetero) is 2. The van der Waals surface area contributed by atoms with Gasteiger partial charge in [-0.25, -0.2) is 0 Å². The minimum absolute atomic E-state index is 0.0953. The average molecular weight is 664 g/mol. The largest absolute Gasteiger partial charge is 0.397 e. The first-order valence-electron chi connectivity index (χ1n) is 18.7. The molecule has 0 aromatic carbocycles. The van der Waals surface area contributed by atoms with Crippen LogP contribution in [0.5, 0.6) is 0 Å². The SMILES string of the molecule is CCCCCCCCCCCCCCCC(=O)C(C(=O)CCCCCCCCCCCCCCC)N(O)CC.COS(=O)(=O)O. The highest BCUT2D eigenvalue weighted by Gasteiger charge is 2.30. The second-order valence-electron chi connectivity index (χ2n) is 12.7. The molecule has 0 saturated heterocycles. The lowest BCUT2D eigenvalue weighted by molar-refractivity contribution is -0.161. The number of ketones is 2. The molecule has 0 aliphatic carbocycles. The van der Waals surface area contributed by atoms with Crippen molar-refractivity contribution in [3.05, 3.63) is 0 Å². The zero-order chi connectivity index (χ0) is 34.0. The highest BCUT2D eigenvalue weighted by molar-refractivity contribution is 7.80. The second-order valence-corrected chi connectivity index (χ2v) is 13.9. The summed E-state index contributed by atoms with van der Waals surface area (Å²) in [6.45, 7) is 6.63. The molecule has 0 spiro atoms. The molecule has 0 radical (unpaired) electrons. The number of carbonyl (C=O) groups excluding carboxylic acids is 2. The molecule has 0 aliphatic rings. The van der Waals surface area contributed by atoms with E-state index in [1.54, 1.807) is 6.92 Å². The lowest BCUT2D eigenvalue weighted by Gasteiger charge is -2.22. The maximum absolute atomic E-state index is 12.8. The Morgan fingerprint density at radius 2 is 0.756 bits per heavy atom. The molecular weight excluding hydrogens is 590 g/mol. The molecule has 45 heavy (non-hydrogen) atoms. The molecule has 0 amide bonds. The quantitative estimate of drug-likeness (QED) is 0.0308. The van der Waals surface area contributed by atoms with E-state index >= 15 is 0 Å². The lowest BCUT2D eigenvalue weighted by atomic mass is 9.97. The minimum atomic E-state index is -4.16. The molecule has 0 atom stereocenters. The third-order valence-corrected chi connectivity index (χ3v) is 8.92. The van der Waals surface area contributed by atoms with E-state index in [4.69, 9.17) is 4.55 Å². The molecule has 8 nitrogen and oxygen atoms in total. The number of hydroxylamine groups is 2. The first-order chi connectivity index (χ1) is 21.6. The van der Waals surface area contributed by atoms with E-state index in [1.807, 2.05) is 0 Å². The number of rotatable bonds is 33. The summed E-state index contributed by atoms with van der Waals surface area (Å²) in [7, 11) is -3.29. The van der Waals surface area contributed by atoms with Gasteiger partial charge in [-0.15, -0.1) is 0 Å². The standard InChI is InChI=1S/C35H69NO3.CH4O4S/c1-4-7-9-11-13-15-17-19-21-23-25-27-29-31-33(37)35(36(39)6-3)34(38)32-30-28-26-24-22-20-18-16-14-12-10-8-5-2;1-5-6(2,3)4/h35,39H,4-32H2,1-3H3;1H3,(H,2,3,4).